The van der Waals surface area contributed by atoms with Gasteiger partial charge in [0.2, 0.25) is 0 Å². The number of carbonyl (C=O) groups is 1. The summed E-state index contributed by atoms with van der Waals surface area (Å²) in [5.74, 6) is -1.02. The van der Waals surface area contributed by atoms with E-state index in [0.29, 0.717) is 19.6 Å². The van der Waals surface area contributed by atoms with Gasteiger partial charge < -0.3 is 19.3 Å². The number of benzene rings is 1. The van der Waals surface area contributed by atoms with Crippen LogP contribution in [-0.2, 0) is 25.4 Å². The van der Waals surface area contributed by atoms with E-state index >= 15 is 0 Å². The molecule has 0 bridgehead atoms. The number of aliphatic carboxylic acids is 1. The summed E-state index contributed by atoms with van der Waals surface area (Å²) >= 11 is 0. The third-order valence-corrected chi connectivity index (χ3v) is 3.23. The lowest BCUT2D eigenvalue weighted by Gasteiger charge is -2.30. The number of hydrogen-bond acceptors (Lipinski definition) is 4. The second-order valence-corrected chi connectivity index (χ2v) is 4.57. The molecule has 0 heterocycles. The molecule has 5 heteroatoms. The van der Waals surface area contributed by atoms with Crippen molar-refractivity contribution in [1.29, 1.82) is 0 Å². The largest absolute Gasteiger partial charge is 0.479 e. The molecule has 0 radical (unpaired) electrons. The Kier molecular flexibility index (Phi) is 4.89. The van der Waals surface area contributed by atoms with Crippen molar-refractivity contribution >= 4 is 12.0 Å². The number of fused-ring (bicyclic) bond motifs is 1. The fourth-order valence-corrected chi connectivity index (χ4v) is 2.08. The van der Waals surface area contributed by atoms with Gasteiger partial charge in [0.15, 0.2) is 5.60 Å². The molecule has 1 aliphatic carbocycles. The predicted molar refractivity (Wildman–Crippen MR) is 73.3 cm³/mol. The topological polar surface area (TPSA) is 65.0 Å². The van der Waals surface area contributed by atoms with Gasteiger partial charge in [0.25, 0.3) is 0 Å². The molecule has 1 aromatic carbocycles. The van der Waals surface area contributed by atoms with E-state index in [2.05, 4.69) is 0 Å². The summed E-state index contributed by atoms with van der Waals surface area (Å²) in [5.41, 5.74) is 0.615. The van der Waals surface area contributed by atoms with Crippen LogP contribution >= 0.6 is 0 Å². The highest BCUT2D eigenvalue weighted by Gasteiger charge is 2.39. The van der Waals surface area contributed by atoms with Gasteiger partial charge in [-0.1, -0.05) is 30.3 Å². The van der Waals surface area contributed by atoms with Crippen LogP contribution in [0.4, 0.5) is 0 Å². The van der Waals surface area contributed by atoms with E-state index in [1.165, 1.54) is 0 Å². The first-order chi connectivity index (χ1) is 9.68. The van der Waals surface area contributed by atoms with E-state index in [9.17, 15) is 9.90 Å². The van der Waals surface area contributed by atoms with Crippen LogP contribution in [-0.4, -0.2) is 43.8 Å². The molecule has 1 unspecified atom stereocenters. The van der Waals surface area contributed by atoms with E-state index in [0.717, 1.165) is 11.1 Å². The summed E-state index contributed by atoms with van der Waals surface area (Å²) < 4.78 is 15.5. The average molecular weight is 278 g/mol. The molecule has 0 aromatic heterocycles. The van der Waals surface area contributed by atoms with Crippen LogP contribution in [0.25, 0.3) is 6.08 Å². The molecule has 108 valence electrons. The molecule has 0 saturated carbocycles. The van der Waals surface area contributed by atoms with Crippen molar-refractivity contribution in [2.45, 2.75) is 12.0 Å². The Bertz CT molecular complexity index is 497. The zero-order chi connectivity index (χ0) is 14.4. The minimum Gasteiger partial charge on any atom is -0.479 e. The standard InChI is InChI=1S/C15H18O5/c1-18-8-9-19-11-20-15(14(16)17)7-6-12-4-2-3-5-13(12)10-15/h2-7H,8-11H2,1H3,(H,16,17). The van der Waals surface area contributed by atoms with Gasteiger partial charge in [-0.15, -0.1) is 0 Å². The molecule has 0 spiro atoms. The van der Waals surface area contributed by atoms with Gasteiger partial charge in [0, 0.05) is 13.5 Å². The Morgan fingerprint density at radius 1 is 1.35 bits per heavy atom. The van der Waals surface area contributed by atoms with Crippen LogP contribution in [0.2, 0.25) is 0 Å². The monoisotopic (exact) mass is 278 g/mol. The minimum absolute atomic E-state index is 0.0812. The Labute approximate surface area is 117 Å². The van der Waals surface area contributed by atoms with Gasteiger partial charge in [-0.3, -0.25) is 0 Å². The Morgan fingerprint density at radius 3 is 2.90 bits per heavy atom. The Morgan fingerprint density at radius 2 is 2.15 bits per heavy atom. The van der Waals surface area contributed by atoms with Crippen LogP contribution < -0.4 is 0 Å². The molecule has 1 N–H and O–H groups in total. The van der Waals surface area contributed by atoms with Crippen molar-refractivity contribution in [3.05, 3.63) is 41.5 Å². The van der Waals surface area contributed by atoms with E-state index in [4.69, 9.17) is 14.2 Å². The molecule has 0 saturated heterocycles. The van der Waals surface area contributed by atoms with Crippen molar-refractivity contribution in [1.82, 2.24) is 0 Å². The molecule has 1 aliphatic rings. The SMILES string of the molecule is COCCOCOC1(C(=O)O)C=Cc2ccccc2C1. The third kappa shape index (κ3) is 3.25. The third-order valence-electron chi connectivity index (χ3n) is 3.23. The number of carboxylic acids is 1. The van der Waals surface area contributed by atoms with E-state index in [1.807, 2.05) is 24.3 Å². The zero-order valence-electron chi connectivity index (χ0n) is 11.4. The van der Waals surface area contributed by atoms with Crippen LogP contribution in [0.1, 0.15) is 11.1 Å². The van der Waals surface area contributed by atoms with E-state index in [-0.39, 0.29) is 6.79 Å². The molecular formula is C15H18O5. The average Bonchev–Trinajstić information content (AvgIpc) is 2.46. The molecule has 0 amide bonds. The molecule has 5 nitrogen and oxygen atoms in total. The van der Waals surface area contributed by atoms with Gasteiger partial charge in [0.05, 0.1) is 13.2 Å². The van der Waals surface area contributed by atoms with E-state index in [1.54, 1.807) is 19.3 Å². The highest BCUT2D eigenvalue weighted by atomic mass is 16.7. The smallest absolute Gasteiger partial charge is 0.340 e. The first-order valence-electron chi connectivity index (χ1n) is 6.39. The maximum atomic E-state index is 11.5. The highest BCUT2D eigenvalue weighted by molar-refractivity contribution is 5.84. The first kappa shape index (κ1) is 14.7. The number of ether oxygens (including phenoxy) is 3. The number of carboxylic acid groups (broad SMARTS) is 1. The normalized spacial score (nSPS) is 20.6. The molecular weight excluding hydrogens is 260 g/mol. The molecule has 1 atom stereocenters. The fourth-order valence-electron chi connectivity index (χ4n) is 2.08. The highest BCUT2D eigenvalue weighted by Crippen LogP contribution is 2.29. The van der Waals surface area contributed by atoms with Crippen molar-refractivity contribution in [3.63, 3.8) is 0 Å². The maximum absolute atomic E-state index is 11.5. The summed E-state index contributed by atoms with van der Waals surface area (Å²) in [4.78, 5) is 11.5. The quantitative estimate of drug-likeness (QED) is 0.607. The van der Waals surface area contributed by atoms with Gasteiger partial charge >= 0.3 is 5.97 Å². The summed E-state index contributed by atoms with van der Waals surface area (Å²) in [6, 6.07) is 7.67. The number of hydrogen-bond donors (Lipinski definition) is 1. The first-order valence-corrected chi connectivity index (χ1v) is 6.39. The summed E-state index contributed by atoms with van der Waals surface area (Å²) in [5, 5.41) is 9.46. The van der Waals surface area contributed by atoms with Crippen LogP contribution in [0, 0.1) is 0 Å². The van der Waals surface area contributed by atoms with Crippen molar-refractivity contribution in [2.75, 3.05) is 27.1 Å². The lowest BCUT2D eigenvalue weighted by atomic mass is 9.86. The number of rotatable bonds is 7. The van der Waals surface area contributed by atoms with Crippen LogP contribution in [0.3, 0.4) is 0 Å². The Hall–Kier alpha value is -1.69. The molecule has 0 aliphatic heterocycles. The van der Waals surface area contributed by atoms with Crippen LogP contribution in [0.5, 0.6) is 0 Å². The summed E-state index contributed by atoms with van der Waals surface area (Å²) in [6.07, 6.45) is 3.65. The van der Waals surface area contributed by atoms with Gasteiger partial charge in [-0.2, -0.15) is 0 Å². The summed E-state index contributed by atoms with van der Waals surface area (Å²) in [6.45, 7) is 0.733. The predicted octanol–water partition coefficient (Wildman–Crippen LogP) is 1.72. The van der Waals surface area contributed by atoms with Crippen molar-refractivity contribution in [3.8, 4) is 0 Å². The van der Waals surface area contributed by atoms with Crippen molar-refractivity contribution in [2.24, 2.45) is 0 Å². The molecule has 2 rings (SSSR count). The van der Waals surface area contributed by atoms with Crippen molar-refractivity contribution < 1.29 is 24.1 Å². The lowest BCUT2D eigenvalue weighted by molar-refractivity contribution is -0.176. The zero-order valence-corrected chi connectivity index (χ0v) is 11.4. The van der Waals surface area contributed by atoms with E-state index < -0.39 is 11.6 Å². The van der Waals surface area contributed by atoms with Gasteiger partial charge in [-0.05, 0) is 17.2 Å². The number of methoxy groups -OCH3 is 1. The van der Waals surface area contributed by atoms with Gasteiger partial charge in [-0.25, -0.2) is 4.79 Å². The minimum atomic E-state index is -1.36. The van der Waals surface area contributed by atoms with Crippen LogP contribution in [0.15, 0.2) is 30.3 Å². The maximum Gasteiger partial charge on any atom is 0.340 e. The van der Waals surface area contributed by atoms with Gasteiger partial charge in [0.1, 0.15) is 6.79 Å². The molecule has 20 heavy (non-hydrogen) atoms. The molecule has 0 fully saturated rings. The second-order valence-electron chi connectivity index (χ2n) is 4.57. The molecule has 1 aromatic rings. The second kappa shape index (κ2) is 6.65. The fraction of sp³-hybridized carbons (Fsp3) is 0.400. The Balaban J connectivity index is 2.04. The summed E-state index contributed by atoms with van der Waals surface area (Å²) in [7, 11) is 1.57. The lowest BCUT2D eigenvalue weighted by Crippen LogP contribution is -2.43.